The number of aromatic nitrogens is 2. The Balaban J connectivity index is 2.18. The van der Waals surface area contributed by atoms with Crippen molar-refractivity contribution < 1.29 is 28.5 Å². The van der Waals surface area contributed by atoms with Crippen LogP contribution in [-0.2, 0) is 14.2 Å². The summed E-state index contributed by atoms with van der Waals surface area (Å²) in [4.78, 5) is 27.0. The highest BCUT2D eigenvalue weighted by Crippen LogP contribution is 2.33. The monoisotopic (exact) mass is 345 g/mol. The Labute approximate surface area is 137 Å². The first-order valence-electron chi connectivity index (χ1n) is 7.27. The van der Waals surface area contributed by atoms with Crippen LogP contribution in [0.25, 0.3) is 0 Å². The van der Waals surface area contributed by atoms with E-state index in [9.17, 15) is 19.1 Å². The molecule has 1 aromatic heterocycles. The van der Waals surface area contributed by atoms with E-state index >= 15 is 0 Å². The molecule has 0 aliphatic carbocycles. The van der Waals surface area contributed by atoms with Crippen LogP contribution in [0.3, 0.4) is 0 Å². The Morgan fingerprint density at radius 2 is 2.21 bits per heavy atom. The molecule has 2 rings (SSSR count). The molecule has 1 aliphatic heterocycles. The van der Waals surface area contributed by atoms with Gasteiger partial charge in [-0.15, -0.1) is 0 Å². The maximum absolute atomic E-state index is 14.7. The van der Waals surface area contributed by atoms with Crippen LogP contribution in [0.5, 0.6) is 0 Å². The molecule has 1 aromatic rings. The minimum absolute atomic E-state index is 0.0232. The lowest BCUT2D eigenvalue weighted by atomic mass is 10.1. The first kappa shape index (κ1) is 18.1. The van der Waals surface area contributed by atoms with Gasteiger partial charge in [-0.3, -0.25) is 4.57 Å². The molecule has 0 spiro atoms. The first-order valence-corrected chi connectivity index (χ1v) is 7.27. The molecule has 1 aliphatic rings. The van der Waals surface area contributed by atoms with Crippen LogP contribution in [0.4, 0.5) is 15.0 Å². The Morgan fingerprint density at radius 3 is 2.75 bits per heavy atom. The van der Waals surface area contributed by atoms with Gasteiger partial charge in [0.2, 0.25) is 0 Å². The number of aliphatic hydroxyl groups is 1. The van der Waals surface area contributed by atoms with Crippen molar-refractivity contribution >= 4 is 12.0 Å². The minimum atomic E-state index is -1.90. The number of carbonyl (C=O) groups is 1. The maximum atomic E-state index is 14.7. The van der Waals surface area contributed by atoms with Gasteiger partial charge in [0.05, 0.1) is 6.61 Å². The minimum Gasteiger partial charge on any atom is -0.429 e. The molecule has 3 N–H and O–H groups in total. The number of nitrogens with zero attached hydrogens (tertiary/aromatic N) is 2. The average Bonchev–Trinajstić information content (AvgIpc) is 2.74. The number of ether oxygens (including phenoxy) is 3. The van der Waals surface area contributed by atoms with Gasteiger partial charge in [0.1, 0.15) is 17.5 Å². The van der Waals surface area contributed by atoms with Crippen LogP contribution in [-0.4, -0.2) is 51.4 Å². The van der Waals surface area contributed by atoms with Crippen LogP contribution >= 0.6 is 0 Å². The van der Waals surface area contributed by atoms with E-state index in [4.69, 9.17) is 19.9 Å². The zero-order valence-corrected chi connectivity index (χ0v) is 13.5. The van der Waals surface area contributed by atoms with Gasteiger partial charge in [0.25, 0.3) is 0 Å². The molecule has 2 heterocycles. The van der Waals surface area contributed by atoms with Crippen LogP contribution in [0, 0.1) is 0 Å². The van der Waals surface area contributed by atoms with Gasteiger partial charge in [0, 0.05) is 6.20 Å². The summed E-state index contributed by atoms with van der Waals surface area (Å²) in [6.45, 7) is 4.26. The molecule has 10 heteroatoms. The predicted octanol–water partition coefficient (Wildman–Crippen LogP) is 0.374. The lowest BCUT2D eigenvalue weighted by Gasteiger charge is -2.23. The second-order valence-electron chi connectivity index (χ2n) is 6.28. The topological polar surface area (TPSA) is 126 Å². The lowest BCUT2D eigenvalue weighted by molar-refractivity contribution is -0.0691. The van der Waals surface area contributed by atoms with Gasteiger partial charge in [-0.25, -0.2) is 14.0 Å². The Bertz CT molecular complexity index is 659. The number of carbonyl (C=O) groups excluding carboxylic acids is 1. The molecule has 0 bridgehead atoms. The smallest absolute Gasteiger partial charge is 0.429 e. The van der Waals surface area contributed by atoms with Crippen molar-refractivity contribution in [3.05, 3.63) is 22.7 Å². The van der Waals surface area contributed by atoms with Crippen molar-refractivity contribution in [1.82, 2.24) is 9.55 Å². The van der Waals surface area contributed by atoms with Crippen molar-refractivity contribution in [2.45, 2.75) is 51.0 Å². The van der Waals surface area contributed by atoms with Gasteiger partial charge in [-0.1, -0.05) is 0 Å². The van der Waals surface area contributed by atoms with E-state index in [1.807, 2.05) is 0 Å². The number of alkyl halides is 1. The molecule has 0 saturated carbocycles. The van der Waals surface area contributed by atoms with E-state index in [-0.39, 0.29) is 5.82 Å². The van der Waals surface area contributed by atoms with Crippen LogP contribution in [0.1, 0.15) is 27.0 Å². The number of halogens is 1. The fraction of sp³-hybridized carbons (Fsp3) is 0.643. The molecule has 0 aromatic carbocycles. The molecular weight excluding hydrogens is 325 g/mol. The zero-order chi connectivity index (χ0) is 18.1. The Morgan fingerprint density at radius 1 is 1.54 bits per heavy atom. The molecule has 4 atom stereocenters. The molecule has 24 heavy (non-hydrogen) atoms. The number of hydrogen-bond donors (Lipinski definition) is 2. The van der Waals surface area contributed by atoms with Crippen LogP contribution < -0.4 is 11.4 Å². The van der Waals surface area contributed by atoms with Crippen molar-refractivity contribution in [1.29, 1.82) is 0 Å². The molecule has 1 fully saturated rings. The fourth-order valence-corrected chi connectivity index (χ4v) is 2.21. The lowest BCUT2D eigenvalue weighted by Crippen LogP contribution is -2.38. The summed E-state index contributed by atoms with van der Waals surface area (Å²) in [5.41, 5.74) is 3.73. The normalized spacial score (nSPS) is 27.0. The summed E-state index contributed by atoms with van der Waals surface area (Å²) in [6, 6.07) is 1.30. The Kier molecular flexibility index (Phi) is 5.09. The Hall–Kier alpha value is -2.20. The largest absolute Gasteiger partial charge is 0.509 e. The van der Waals surface area contributed by atoms with Gasteiger partial charge in [0.15, 0.2) is 18.5 Å². The van der Waals surface area contributed by atoms with E-state index in [1.54, 1.807) is 20.8 Å². The van der Waals surface area contributed by atoms with Crippen molar-refractivity contribution in [2.24, 2.45) is 0 Å². The molecule has 1 saturated heterocycles. The number of hydrogen-bond acceptors (Lipinski definition) is 8. The number of nitrogen functional groups attached to an aromatic ring is 1. The number of nitrogens with two attached hydrogens (primary N) is 1. The SMILES string of the molecule is CC(C)(C)OC(=O)OC1[C@@H](CO)O[C@@H](n2ccc(N)nc2=O)[C@H]1F. The first-order chi connectivity index (χ1) is 11.1. The average molecular weight is 345 g/mol. The highest BCUT2D eigenvalue weighted by molar-refractivity contribution is 5.61. The number of aliphatic hydroxyl groups excluding tert-OH is 1. The number of rotatable bonds is 3. The molecular formula is C14H20FN3O6. The molecule has 0 amide bonds. The predicted molar refractivity (Wildman–Crippen MR) is 79.9 cm³/mol. The fourth-order valence-electron chi connectivity index (χ4n) is 2.21. The molecule has 0 radical (unpaired) electrons. The second-order valence-corrected chi connectivity index (χ2v) is 6.28. The summed E-state index contributed by atoms with van der Waals surface area (Å²) in [5.74, 6) is -0.0232. The van der Waals surface area contributed by atoms with Crippen LogP contribution in [0.2, 0.25) is 0 Å². The van der Waals surface area contributed by atoms with E-state index in [1.165, 1.54) is 12.3 Å². The summed E-state index contributed by atoms with van der Waals surface area (Å²) in [5, 5.41) is 9.33. The summed E-state index contributed by atoms with van der Waals surface area (Å²) >= 11 is 0. The van der Waals surface area contributed by atoms with E-state index < -0.39 is 48.7 Å². The maximum Gasteiger partial charge on any atom is 0.509 e. The third-order valence-electron chi connectivity index (χ3n) is 3.19. The van der Waals surface area contributed by atoms with Gasteiger partial charge in [-0.05, 0) is 26.8 Å². The highest BCUT2D eigenvalue weighted by atomic mass is 19.1. The molecule has 134 valence electrons. The highest BCUT2D eigenvalue weighted by Gasteiger charge is 2.49. The third-order valence-corrected chi connectivity index (χ3v) is 3.19. The van der Waals surface area contributed by atoms with Gasteiger partial charge in [-0.2, -0.15) is 4.98 Å². The molecule has 9 nitrogen and oxygen atoms in total. The summed E-state index contributed by atoms with van der Waals surface area (Å²) in [6.07, 6.45) is -5.78. The third kappa shape index (κ3) is 4.01. The van der Waals surface area contributed by atoms with Crippen molar-refractivity contribution in [3.8, 4) is 0 Å². The van der Waals surface area contributed by atoms with E-state index in [2.05, 4.69) is 4.98 Å². The quantitative estimate of drug-likeness (QED) is 0.753. The van der Waals surface area contributed by atoms with Gasteiger partial charge >= 0.3 is 11.8 Å². The zero-order valence-electron chi connectivity index (χ0n) is 13.5. The number of anilines is 1. The standard InChI is InChI=1S/C14H20FN3O6/c1-14(2,3)24-13(21)23-10-7(6-19)22-11(9(10)15)18-5-4-8(16)17-12(18)20/h4-5,7,9-11,19H,6H2,1-3H3,(H2,16,17,20)/t7-,9+,10?,11-/m1/s1. The van der Waals surface area contributed by atoms with Crippen molar-refractivity contribution in [3.63, 3.8) is 0 Å². The summed E-state index contributed by atoms with van der Waals surface area (Å²) < 4.78 is 30.7. The molecule has 1 unspecified atom stereocenters. The second kappa shape index (κ2) is 6.73. The van der Waals surface area contributed by atoms with Gasteiger partial charge < -0.3 is 25.1 Å². The van der Waals surface area contributed by atoms with Crippen LogP contribution in [0.15, 0.2) is 17.1 Å². The summed E-state index contributed by atoms with van der Waals surface area (Å²) in [7, 11) is 0. The van der Waals surface area contributed by atoms with E-state index in [0.29, 0.717) is 0 Å². The van der Waals surface area contributed by atoms with Crippen molar-refractivity contribution in [2.75, 3.05) is 12.3 Å². The van der Waals surface area contributed by atoms with E-state index in [0.717, 1.165) is 4.57 Å².